The van der Waals surface area contributed by atoms with Crippen molar-refractivity contribution in [2.24, 2.45) is 5.92 Å². The Bertz CT molecular complexity index is 892. The summed E-state index contributed by atoms with van der Waals surface area (Å²) in [5, 5.41) is 2.73. The average molecular weight is 376 g/mol. The Morgan fingerprint density at radius 3 is 2.54 bits per heavy atom. The van der Waals surface area contributed by atoms with Gasteiger partial charge >= 0.3 is 0 Å². The van der Waals surface area contributed by atoms with Crippen molar-refractivity contribution in [3.63, 3.8) is 0 Å². The van der Waals surface area contributed by atoms with E-state index in [1.54, 1.807) is 43.3 Å². The summed E-state index contributed by atoms with van der Waals surface area (Å²) in [6.07, 6.45) is 0. The number of anilines is 1. The molecule has 0 unspecified atom stereocenters. The van der Waals surface area contributed by atoms with Crippen molar-refractivity contribution in [3.8, 4) is 5.75 Å². The first kappa shape index (κ1) is 19.9. The Hall–Kier alpha value is -2.38. The summed E-state index contributed by atoms with van der Waals surface area (Å²) >= 11 is 0. The second kappa shape index (κ2) is 8.33. The molecule has 0 spiro atoms. The van der Waals surface area contributed by atoms with Crippen molar-refractivity contribution >= 4 is 21.6 Å². The summed E-state index contributed by atoms with van der Waals surface area (Å²) < 4.78 is 32.0. The van der Waals surface area contributed by atoms with Crippen molar-refractivity contribution in [1.82, 2.24) is 4.72 Å². The fraction of sp³-hybridized carbons (Fsp3) is 0.316. The first-order valence-electron chi connectivity index (χ1n) is 8.31. The summed E-state index contributed by atoms with van der Waals surface area (Å²) in [7, 11) is -2.25. The highest BCUT2D eigenvalue weighted by molar-refractivity contribution is 7.89. The van der Waals surface area contributed by atoms with Crippen LogP contribution in [0.1, 0.15) is 29.8 Å². The van der Waals surface area contributed by atoms with Crippen LogP contribution in [0.25, 0.3) is 0 Å². The van der Waals surface area contributed by atoms with Crippen LogP contribution in [-0.2, 0) is 10.0 Å². The Balaban J connectivity index is 2.20. The second-order valence-corrected chi connectivity index (χ2v) is 8.23. The summed E-state index contributed by atoms with van der Waals surface area (Å²) in [6, 6.07) is 11.6. The van der Waals surface area contributed by atoms with E-state index in [9.17, 15) is 13.2 Å². The summed E-state index contributed by atoms with van der Waals surface area (Å²) in [5.41, 5.74) is 1.44. The average Bonchev–Trinajstić information content (AvgIpc) is 2.61. The van der Waals surface area contributed by atoms with Crippen molar-refractivity contribution in [3.05, 3.63) is 53.6 Å². The molecule has 2 aromatic carbocycles. The van der Waals surface area contributed by atoms with E-state index < -0.39 is 10.0 Å². The van der Waals surface area contributed by atoms with Gasteiger partial charge in [-0.05, 0) is 55.8 Å². The lowest BCUT2D eigenvalue weighted by molar-refractivity contribution is 0.102. The first-order chi connectivity index (χ1) is 12.2. The molecule has 0 bridgehead atoms. The minimum Gasteiger partial charge on any atom is -0.493 e. The van der Waals surface area contributed by atoms with Gasteiger partial charge in [0, 0.05) is 11.3 Å². The molecule has 0 aliphatic rings. The van der Waals surface area contributed by atoms with Gasteiger partial charge in [-0.25, -0.2) is 13.1 Å². The molecule has 26 heavy (non-hydrogen) atoms. The maximum Gasteiger partial charge on any atom is 0.255 e. The summed E-state index contributed by atoms with van der Waals surface area (Å²) in [6.45, 7) is 6.36. The van der Waals surface area contributed by atoms with E-state index in [-0.39, 0.29) is 10.8 Å². The molecule has 0 fully saturated rings. The number of nitrogens with one attached hydrogen (secondary N) is 2. The van der Waals surface area contributed by atoms with Crippen LogP contribution in [0.15, 0.2) is 47.4 Å². The quantitative estimate of drug-likeness (QED) is 0.777. The van der Waals surface area contributed by atoms with E-state index in [0.717, 1.165) is 0 Å². The molecule has 7 heteroatoms. The molecule has 6 nitrogen and oxygen atoms in total. The third kappa shape index (κ3) is 5.06. The van der Waals surface area contributed by atoms with E-state index in [4.69, 9.17) is 4.74 Å². The molecule has 140 valence electrons. The van der Waals surface area contributed by atoms with Gasteiger partial charge in [-0.1, -0.05) is 26.0 Å². The maximum atomic E-state index is 12.5. The predicted molar refractivity (Wildman–Crippen MR) is 102 cm³/mol. The van der Waals surface area contributed by atoms with E-state index in [1.807, 2.05) is 13.8 Å². The van der Waals surface area contributed by atoms with Crippen molar-refractivity contribution in [2.75, 3.05) is 19.0 Å². The van der Waals surface area contributed by atoms with Gasteiger partial charge in [-0.2, -0.15) is 0 Å². The Kier molecular flexibility index (Phi) is 6.39. The number of ether oxygens (including phenoxy) is 1. The highest BCUT2D eigenvalue weighted by Gasteiger charge is 2.16. The molecular formula is C19H24N2O4S. The van der Waals surface area contributed by atoms with Gasteiger partial charge < -0.3 is 10.1 Å². The fourth-order valence-electron chi connectivity index (χ4n) is 2.27. The highest BCUT2D eigenvalue weighted by atomic mass is 32.2. The lowest BCUT2D eigenvalue weighted by Gasteiger charge is -2.12. The molecule has 0 aliphatic heterocycles. The summed E-state index contributed by atoms with van der Waals surface area (Å²) in [4.78, 5) is 12.6. The van der Waals surface area contributed by atoms with Crippen molar-refractivity contribution < 1.29 is 17.9 Å². The van der Waals surface area contributed by atoms with Gasteiger partial charge in [0.2, 0.25) is 10.0 Å². The molecule has 0 saturated heterocycles. The smallest absolute Gasteiger partial charge is 0.255 e. The molecule has 0 radical (unpaired) electrons. The predicted octanol–water partition coefficient (Wildman–Crippen LogP) is 3.19. The van der Waals surface area contributed by atoms with Gasteiger partial charge in [0.25, 0.3) is 5.91 Å². The van der Waals surface area contributed by atoms with Crippen LogP contribution in [0.4, 0.5) is 5.69 Å². The molecule has 0 aromatic heterocycles. The number of carbonyl (C=O) groups is 1. The van der Waals surface area contributed by atoms with Gasteiger partial charge in [-0.15, -0.1) is 0 Å². The van der Waals surface area contributed by atoms with Crippen molar-refractivity contribution in [2.45, 2.75) is 25.7 Å². The second-order valence-electron chi connectivity index (χ2n) is 6.37. The zero-order chi connectivity index (χ0) is 19.3. The molecule has 0 aliphatic carbocycles. The molecular weight excluding hydrogens is 352 g/mol. The zero-order valence-electron chi connectivity index (χ0n) is 15.4. The standard InChI is InChI=1S/C19H24N2O4S/c1-13(2)12-25-17-7-5-6-15(10-17)19(22)21-16-9-8-14(3)18(11-16)26(23,24)20-4/h5-11,13,20H,12H2,1-4H3,(H,21,22). The zero-order valence-corrected chi connectivity index (χ0v) is 16.2. The van der Waals surface area contributed by atoms with Gasteiger partial charge in [-0.3, -0.25) is 4.79 Å². The number of aryl methyl sites for hydroxylation is 1. The third-order valence-corrected chi connectivity index (χ3v) is 5.24. The normalized spacial score (nSPS) is 11.4. The van der Waals surface area contributed by atoms with Crippen LogP contribution in [-0.4, -0.2) is 28.0 Å². The molecule has 2 aromatic rings. The Labute approximate surface area is 154 Å². The number of amides is 1. The van der Waals surface area contributed by atoms with Gasteiger partial charge in [0.1, 0.15) is 5.75 Å². The minimum absolute atomic E-state index is 0.131. The lowest BCUT2D eigenvalue weighted by Crippen LogP contribution is -2.20. The van der Waals surface area contributed by atoms with Crippen LogP contribution in [0.5, 0.6) is 5.75 Å². The largest absolute Gasteiger partial charge is 0.493 e. The molecule has 2 N–H and O–H groups in total. The fourth-order valence-corrected chi connectivity index (χ4v) is 3.26. The van der Waals surface area contributed by atoms with Crippen LogP contribution in [0, 0.1) is 12.8 Å². The molecule has 1 amide bonds. The molecule has 0 heterocycles. The molecule has 0 atom stereocenters. The SMILES string of the molecule is CNS(=O)(=O)c1cc(NC(=O)c2cccc(OCC(C)C)c2)ccc1C. The number of hydrogen-bond donors (Lipinski definition) is 2. The first-order valence-corrected chi connectivity index (χ1v) is 9.79. The molecule has 2 rings (SSSR count). The minimum atomic E-state index is -3.60. The van der Waals surface area contributed by atoms with Gasteiger partial charge in [0.15, 0.2) is 0 Å². The van der Waals surface area contributed by atoms with Crippen molar-refractivity contribution in [1.29, 1.82) is 0 Å². The Morgan fingerprint density at radius 1 is 1.15 bits per heavy atom. The third-order valence-electron chi connectivity index (χ3n) is 3.68. The van der Waals surface area contributed by atoms with E-state index in [2.05, 4.69) is 10.0 Å². The van der Waals surface area contributed by atoms with Gasteiger partial charge in [0.05, 0.1) is 11.5 Å². The van der Waals surface area contributed by atoms with Crippen LogP contribution >= 0.6 is 0 Å². The van der Waals surface area contributed by atoms with E-state index in [1.165, 1.54) is 13.1 Å². The lowest BCUT2D eigenvalue weighted by atomic mass is 10.2. The maximum absolute atomic E-state index is 12.5. The Morgan fingerprint density at radius 2 is 1.88 bits per heavy atom. The van der Waals surface area contributed by atoms with Crippen LogP contribution in [0.3, 0.4) is 0 Å². The summed E-state index contributed by atoms with van der Waals surface area (Å²) in [5.74, 6) is 0.665. The highest BCUT2D eigenvalue weighted by Crippen LogP contribution is 2.21. The molecule has 0 saturated carbocycles. The van der Waals surface area contributed by atoms with Crippen LogP contribution < -0.4 is 14.8 Å². The topological polar surface area (TPSA) is 84.5 Å². The number of hydrogen-bond acceptors (Lipinski definition) is 4. The van der Waals surface area contributed by atoms with E-state index in [0.29, 0.717) is 35.1 Å². The number of benzene rings is 2. The monoisotopic (exact) mass is 376 g/mol. The number of sulfonamides is 1. The number of carbonyl (C=O) groups excluding carboxylic acids is 1. The van der Waals surface area contributed by atoms with Crippen LogP contribution in [0.2, 0.25) is 0 Å². The van der Waals surface area contributed by atoms with E-state index >= 15 is 0 Å². The number of rotatable bonds is 7.